The Bertz CT molecular complexity index is 1140. The quantitative estimate of drug-likeness (QED) is 0.375. The van der Waals surface area contributed by atoms with E-state index in [1.54, 1.807) is 24.3 Å². The third-order valence-corrected chi connectivity index (χ3v) is 7.16. The second kappa shape index (κ2) is 10.6. The van der Waals surface area contributed by atoms with Gasteiger partial charge < -0.3 is 21.3 Å². The van der Waals surface area contributed by atoms with Crippen molar-refractivity contribution in [2.45, 2.75) is 31.2 Å². The molecule has 1 aliphatic carbocycles. The van der Waals surface area contributed by atoms with E-state index in [0.29, 0.717) is 28.9 Å². The van der Waals surface area contributed by atoms with Crippen LogP contribution in [0.5, 0.6) is 0 Å². The maximum atomic E-state index is 13.1. The molecular weight excluding hydrogens is 439 g/mol. The molecule has 1 saturated carbocycles. The molecule has 3 aromatic carbocycles. The van der Waals surface area contributed by atoms with Crippen molar-refractivity contribution in [1.82, 2.24) is 10.2 Å². The van der Waals surface area contributed by atoms with Gasteiger partial charge >= 0.3 is 0 Å². The van der Waals surface area contributed by atoms with Crippen molar-refractivity contribution in [2.75, 3.05) is 37.2 Å². The predicted octanol–water partition coefficient (Wildman–Crippen LogP) is 4.67. The van der Waals surface area contributed by atoms with Crippen molar-refractivity contribution in [3.63, 3.8) is 0 Å². The normalized spacial score (nSPS) is 19.8. The van der Waals surface area contributed by atoms with Gasteiger partial charge in [-0.1, -0.05) is 36.4 Å². The lowest BCUT2D eigenvalue weighted by Crippen LogP contribution is -2.51. The fourth-order valence-electron chi connectivity index (χ4n) is 4.94. The first-order valence-corrected chi connectivity index (χ1v) is 12.5. The first kappa shape index (κ1) is 23.5. The van der Waals surface area contributed by atoms with Gasteiger partial charge in [-0.15, -0.1) is 0 Å². The number of halogens is 1. The van der Waals surface area contributed by atoms with E-state index in [0.717, 1.165) is 51.4 Å². The SMILES string of the molecule is Nc1ccccc1NC(=O)c1ccc(CCCN2CC(CNC3CC3c3ccc(F)cc3)C2)cc1. The summed E-state index contributed by atoms with van der Waals surface area (Å²) in [6.45, 7) is 4.48. The number of rotatable bonds is 10. The molecule has 2 unspecified atom stereocenters. The second-order valence-electron chi connectivity index (χ2n) is 9.88. The van der Waals surface area contributed by atoms with Crippen LogP contribution >= 0.6 is 0 Å². The number of nitrogens with two attached hydrogens (primary N) is 1. The number of hydrogen-bond donors (Lipinski definition) is 3. The minimum absolute atomic E-state index is 0.148. The molecule has 4 N–H and O–H groups in total. The fourth-order valence-corrected chi connectivity index (χ4v) is 4.94. The molecule has 0 spiro atoms. The highest BCUT2D eigenvalue weighted by atomic mass is 19.1. The highest BCUT2D eigenvalue weighted by Crippen LogP contribution is 2.40. The van der Waals surface area contributed by atoms with Crippen molar-refractivity contribution >= 4 is 17.3 Å². The van der Waals surface area contributed by atoms with Crippen molar-refractivity contribution in [2.24, 2.45) is 5.92 Å². The number of nitrogens with one attached hydrogen (secondary N) is 2. The fraction of sp³-hybridized carbons (Fsp3) is 0.345. The molecular formula is C29H33FN4O. The zero-order valence-corrected chi connectivity index (χ0v) is 19.9. The first-order valence-electron chi connectivity index (χ1n) is 12.5. The topological polar surface area (TPSA) is 70.4 Å². The lowest BCUT2D eigenvalue weighted by molar-refractivity contribution is 0.0982. The van der Waals surface area contributed by atoms with Crippen LogP contribution in [0.15, 0.2) is 72.8 Å². The van der Waals surface area contributed by atoms with E-state index in [4.69, 9.17) is 5.73 Å². The van der Waals surface area contributed by atoms with E-state index < -0.39 is 0 Å². The van der Waals surface area contributed by atoms with Crippen LogP contribution in [0, 0.1) is 11.7 Å². The Morgan fingerprint density at radius 1 is 1.00 bits per heavy atom. The van der Waals surface area contributed by atoms with Crippen molar-refractivity contribution in [1.29, 1.82) is 0 Å². The monoisotopic (exact) mass is 472 g/mol. The van der Waals surface area contributed by atoms with Crippen LogP contribution in [-0.2, 0) is 6.42 Å². The van der Waals surface area contributed by atoms with Crippen LogP contribution in [0.4, 0.5) is 15.8 Å². The van der Waals surface area contributed by atoms with Gasteiger partial charge in [-0.25, -0.2) is 4.39 Å². The van der Waals surface area contributed by atoms with Gasteiger partial charge in [0.05, 0.1) is 11.4 Å². The Morgan fingerprint density at radius 2 is 1.74 bits per heavy atom. The number of likely N-dealkylation sites (tertiary alicyclic amines) is 1. The van der Waals surface area contributed by atoms with Crippen LogP contribution in [0.2, 0.25) is 0 Å². The van der Waals surface area contributed by atoms with Crippen LogP contribution in [-0.4, -0.2) is 43.0 Å². The van der Waals surface area contributed by atoms with E-state index in [9.17, 15) is 9.18 Å². The third kappa shape index (κ3) is 6.08. The molecule has 2 aliphatic rings. The van der Waals surface area contributed by atoms with Gasteiger partial charge in [-0.3, -0.25) is 4.79 Å². The average molecular weight is 473 g/mol. The van der Waals surface area contributed by atoms with Gasteiger partial charge in [0.15, 0.2) is 0 Å². The van der Waals surface area contributed by atoms with Gasteiger partial charge in [0.25, 0.3) is 5.91 Å². The smallest absolute Gasteiger partial charge is 0.255 e. The van der Waals surface area contributed by atoms with Gasteiger partial charge in [0.2, 0.25) is 0 Å². The Hall–Kier alpha value is -3.22. The number of hydrogen-bond acceptors (Lipinski definition) is 4. The Kier molecular flexibility index (Phi) is 7.11. The summed E-state index contributed by atoms with van der Waals surface area (Å²) in [4.78, 5) is 15.0. The number of aryl methyl sites for hydroxylation is 1. The summed E-state index contributed by atoms with van der Waals surface area (Å²) in [5, 5.41) is 6.56. The third-order valence-electron chi connectivity index (χ3n) is 7.16. The highest BCUT2D eigenvalue weighted by molar-refractivity contribution is 6.05. The summed E-state index contributed by atoms with van der Waals surface area (Å²) in [6, 6.07) is 22.6. The summed E-state index contributed by atoms with van der Waals surface area (Å²) in [7, 11) is 0. The number of nitrogen functional groups attached to an aromatic ring is 1. The molecule has 1 saturated heterocycles. The van der Waals surface area contributed by atoms with E-state index in [1.807, 2.05) is 48.5 Å². The molecule has 5 rings (SSSR count). The summed E-state index contributed by atoms with van der Waals surface area (Å²) < 4.78 is 13.1. The zero-order valence-electron chi connectivity index (χ0n) is 19.9. The van der Waals surface area contributed by atoms with E-state index >= 15 is 0 Å². The van der Waals surface area contributed by atoms with Crippen molar-refractivity contribution in [3.8, 4) is 0 Å². The van der Waals surface area contributed by atoms with E-state index in [-0.39, 0.29) is 11.7 Å². The molecule has 2 atom stereocenters. The number of para-hydroxylation sites is 2. The highest BCUT2D eigenvalue weighted by Gasteiger charge is 2.39. The summed E-state index contributed by atoms with van der Waals surface area (Å²) >= 11 is 0. The molecule has 182 valence electrons. The number of anilines is 2. The standard InChI is InChI=1S/C29H33FN4O/c30-24-13-11-22(12-14-24)25-16-28(25)32-17-21-18-34(19-21)15-3-4-20-7-9-23(10-8-20)29(35)33-27-6-2-1-5-26(27)31/h1-2,5-14,21,25,28,32H,3-4,15-19,31H2,(H,33,35). The molecule has 35 heavy (non-hydrogen) atoms. The number of amides is 1. The van der Waals surface area contributed by atoms with Crippen molar-refractivity contribution in [3.05, 3.63) is 95.3 Å². The molecule has 1 amide bonds. The summed E-state index contributed by atoms with van der Waals surface area (Å²) in [5.41, 5.74) is 10.2. The number of carbonyl (C=O) groups is 1. The Balaban J connectivity index is 0.962. The molecule has 2 fully saturated rings. The second-order valence-corrected chi connectivity index (χ2v) is 9.88. The molecule has 1 aliphatic heterocycles. The van der Waals surface area contributed by atoms with Gasteiger partial charge in [0, 0.05) is 37.2 Å². The minimum Gasteiger partial charge on any atom is -0.397 e. The van der Waals surface area contributed by atoms with Crippen LogP contribution in [0.1, 0.15) is 40.2 Å². The minimum atomic E-state index is -0.164. The van der Waals surface area contributed by atoms with Crippen LogP contribution in [0.3, 0.4) is 0 Å². The van der Waals surface area contributed by atoms with Crippen molar-refractivity contribution < 1.29 is 9.18 Å². The first-order chi connectivity index (χ1) is 17.0. The zero-order chi connectivity index (χ0) is 24.2. The molecule has 5 nitrogen and oxygen atoms in total. The molecule has 0 bridgehead atoms. The van der Waals surface area contributed by atoms with Gasteiger partial charge in [-0.05, 0) is 79.3 Å². The van der Waals surface area contributed by atoms with E-state index in [1.165, 1.54) is 11.1 Å². The number of benzene rings is 3. The lowest BCUT2D eigenvalue weighted by atomic mass is 9.99. The Labute approximate surface area is 206 Å². The predicted molar refractivity (Wildman–Crippen MR) is 139 cm³/mol. The molecule has 0 radical (unpaired) electrons. The molecule has 0 aromatic heterocycles. The number of carbonyl (C=O) groups excluding carboxylic acids is 1. The van der Waals surface area contributed by atoms with Crippen LogP contribution < -0.4 is 16.4 Å². The van der Waals surface area contributed by atoms with Gasteiger partial charge in [-0.2, -0.15) is 0 Å². The van der Waals surface area contributed by atoms with E-state index in [2.05, 4.69) is 15.5 Å². The maximum Gasteiger partial charge on any atom is 0.255 e. The maximum absolute atomic E-state index is 13.1. The summed E-state index contributed by atoms with van der Waals surface area (Å²) in [5.74, 6) is 0.953. The lowest BCUT2D eigenvalue weighted by Gasteiger charge is -2.39. The van der Waals surface area contributed by atoms with Crippen LogP contribution in [0.25, 0.3) is 0 Å². The average Bonchev–Trinajstić information content (AvgIpc) is 3.62. The molecule has 6 heteroatoms. The summed E-state index contributed by atoms with van der Waals surface area (Å²) in [6.07, 6.45) is 3.28. The largest absolute Gasteiger partial charge is 0.397 e. The number of nitrogens with zero attached hydrogens (tertiary/aromatic N) is 1. The molecule has 3 aromatic rings. The van der Waals surface area contributed by atoms with Gasteiger partial charge in [0.1, 0.15) is 5.82 Å². The molecule has 1 heterocycles. The Morgan fingerprint density at radius 3 is 2.49 bits per heavy atom.